The van der Waals surface area contributed by atoms with Gasteiger partial charge in [-0.1, -0.05) is 30.9 Å². The molecule has 1 atom stereocenters. The first-order chi connectivity index (χ1) is 9.69. The highest BCUT2D eigenvalue weighted by atomic mass is 35.5. The Hall–Kier alpha value is -1.26. The Kier molecular flexibility index (Phi) is 3.85. The summed E-state index contributed by atoms with van der Waals surface area (Å²) in [6, 6.07) is 3.31. The number of nitrogens with one attached hydrogen (secondary N) is 2. The second-order valence-corrected chi connectivity index (χ2v) is 5.92. The number of carbonyl (C=O) groups is 1. The van der Waals surface area contributed by atoms with Crippen molar-refractivity contribution >= 4 is 23.2 Å². The lowest BCUT2D eigenvalue weighted by molar-refractivity contribution is -0.117. The fraction of sp³-hybridized carbons (Fsp3) is 0.533. The monoisotopic (exact) mass is 294 g/mol. The van der Waals surface area contributed by atoms with E-state index in [2.05, 4.69) is 10.6 Å². The number of amides is 1. The van der Waals surface area contributed by atoms with Gasteiger partial charge in [-0.15, -0.1) is 0 Å². The Balaban J connectivity index is 1.70. The van der Waals surface area contributed by atoms with Gasteiger partial charge in [0.1, 0.15) is 11.8 Å². The van der Waals surface area contributed by atoms with Crippen molar-refractivity contribution in [2.45, 2.75) is 31.7 Å². The van der Waals surface area contributed by atoms with Crippen LogP contribution in [0.1, 0.15) is 37.3 Å². The van der Waals surface area contributed by atoms with Crippen molar-refractivity contribution < 1.29 is 9.53 Å². The lowest BCUT2D eigenvalue weighted by Gasteiger charge is -2.25. The molecule has 0 spiro atoms. The molecule has 1 fully saturated rings. The molecule has 20 heavy (non-hydrogen) atoms. The molecule has 0 bridgehead atoms. The van der Waals surface area contributed by atoms with Crippen LogP contribution in [0.25, 0.3) is 0 Å². The molecule has 1 aromatic carbocycles. The van der Waals surface area contributed by atoms with Crippen LogP contribution in [0, 0.1) is 5.92 Å². The van der Waals surface area contributed by atoms with Crippen molar-refractivity contribution in [1.82, 2.24) is 5.32 Å². The van der Waals surface area contributed by atoms with E-state index in [9.17, 15) is 4.79 Å². The van der Waals surface area contributed by atoms with E-state index in [1.54, 1.807) is 7.05 Å². The average molecular weight is 295 g/mol. The normalized spacial score (nSPS) is 21.3. The summed E-state index contributed by atoms with van der Waals surface area (Å²) in [5.74, 6) is 1.42. The van der Waals surface area contributed by atoms with Crippen LogP contribution in [0.4, 0.5) is 5.69 Å². The summed E-state index contributed by atoms with van der Waals surface area (Å²) < 4.78 is 5.77. The van der Waals surface area contributed by atoms with Gasteiger partial charge in [-0.3, -0.25) is 4.79 Å². The summed E-state index contributed by atoms with van der Waals surface area (Å²) in [6.07, 6.45) is 5.07. The first-order valence-corrected chi connectivity index (χ1v) is 7.51. The number of halogens is 1. The quantitative estimate of drug-likeness (QED) is 0.877. The van der Waals surface area contributed by atoms with Crippen molar-refractivity contribution in [2.24, 2.45) is 5.92 Å². The topological polar surface area (TPSA) is 50.4 Å². The molecule has 1 aromatic rings. The van der Waals surface area contributed by atoms with Crippen molar-refractivity contribution in [3.8, 4) is 5.75 Å². The predicted octanol–water partition coefficient (Wildman–Crippen LogP) is 3.12. The first kappa shape index (κ1) is 13.7. The Morgan fingerprint density at radius 1 is 1.45 bits per heavy atom. The number of benzene rings is 1. The van der Waals surface area contributed by atoms with Crippen LogP contribution in [0.5, 0.6) is 5.75 Å². The Labute approximate surface area is 123 Å². The molecular weight excluding hydrogens is 276 g/mol. The zero-order valence-corrected chi connectivity index (χ0v) is 12.3. The van der Waals surface area contributed by atoms with Crippen LogP contribution in [-0.2, 0) is 4.79 Å². The molecule has 2 aliphatic rings. The second kappa shape index (κ2) is 5.62. The number of anilines is 1. The number of likely N-dealkylation sites (N-methyl/N-ethyl adjacent to an activating group) is 1. The SMILES string of the molecule is CNC1C(=O)Nc2cc(OCCC3CCC3)c(Cl)cc21. The van der Waals surface area contributed by atoms with Gasteiger partial charge >= 0.3 is 0 Å². The van der Waals surface area contributed by atoms with E-state index in [1.165, 1.54) is 19.3 Å². The molecule has 5 heteroatoms. The van der Waals surface area contributed by atoms with Crippen LogP contribution in [0.15, 0.2) is 12.1 Å². The number of rotatable bonds is 5. The van der Waals surface area contributed by atoms with E-state index in [0.29, 0.717) is 17.4 Å². The highest BCUT2D eigenvalue weighted by Gasteiger charge is 2.30. The van der Waals surface area contributed by atoms with Crippen LogP contribution in [-0.4, -0.2) is 19.6 Å². The van der Waals surface area contributed by atoms with E-state index in [4.69, 9.17) is 16.3 Å². The third-order valence-electron chi connectivity index (χ3n) is 4.23. The molecule has 1 unspecified atom stereocenters. The van der Waals surface area contributed by atoms with Gasteiger partial charge in [-0.2, -0.15) is 0 Å². The summed E-state index contributed by atoms with van der Waals surface area (Å²) in [4.78, 5) is 11.8. The van der Waals surface area contributed by atoms with E-state index in [-0.39, 0.29) is 11.9 Å². The van der Waals surface area contributed by atoms with Gasteiger partial charge in [0.25, 0.3) is 0 Å². The molecule has 3 rings (SSSR count). The molecule has 0 aromatic heterocycles. The van der Waals surface area contributed by atoms with Gasteiger partial charge < -0.3 is 15.4 Å². The molecule has 1 aliphatic carbocycles. The molecule has 108 valence electrons. The molecule has 0 saturated heterocycles. The van der Waals surface area contributed by atoms with Crippen molar-refractivity contribution in [2.75, 3.05) is 19.0 Å². The third kappa shape index (κ3) is 2.50. The van der Waals surface area contributed by atoms with Gasteiger partial charge in [0.2, 0.25) is 5.91 Å². The van der Waals surface area contributed by atoms with Crippen molar-refractivity contribution in [3.05, 3.63) is 22.7 Å². The summed E-state index contributed by atoms with van der Waals surface area (Å²) in [5, 5.41) is 6.39. The summed E-state index contributed by atoms with van der Waals surface area (Å²) in [5.41, 5.74) is 1.67. The third-order valence-corrected chi connectivity index (χ3v) is 4.53. The van der Waals surface area contributed by atoms with Gasteiger partial charge in [0, 0.05) is 17.3 Å². The minimum atomic E-state index is -0.327. The highest BCUT2D eigenvalue weighted by Crippen LogP contribution is 2.38. The fourth-order valence-electron chi connectivity index (χ4n) is 2.78. The average Bonchev–Trinajstić information content (AvgIpc) is 2.67. The molecule has 1 saturated carbocycles. The van der Waals surface area contributed by atoms with E-state index in [1.807, 2.05) is 12.1 Å². The molecule has 1 amide bonds. The van der Waals surface area contributed by atoms with Crippen LogP contribution in [0.2, 0.25) is 5.02 Å². The molecule has 1 heterocycles. The van der Waals surface area contributed by atoms with Gasteiger partial charge in [-0.25, -0.2) is 0 Å². The zero-order chi connectivity index (χ0) is 14.1. The number of fused-ring (bicyclic) bond motifs is 1. The van der Waals surface area contributed by atoms with Crippen LogP contribution < -0.4 is 15.4 Å². The minimum absolute atomic E-state index is 0.0508. The summed E-state index contributed by atoms with van der Waals surface area (Å²) in [6.45, 7) is 0.687. The van der Waals surface area contributed by atoms with Crippen molar-refractivity contribution in [3.63, 3.8) is 0 Å². The fourth-order valence-corrected chi connectivity index (χ4v) is 3.00. The lowest BCUT2D eigenvalue weighted by Crippen LogP contribution is -2.23. The van der Waals surface area contributed by atoms with E-state index in [0.717, 1.165) is 23.6 Å². The smallest absolute Gasteiger partial charge is 0.246 e. The largest absolute Gasteiger partial charge is 0.492 e. The molecule has 0 radical (unpaired) electrons. The maximum Gasteiger partial charge on any atom is 0.246 e. The number of carbonyl (C=O) groups excluding carboxylic acids is 1. The number of hydrogen-bond donors (Lipinski definition) is 2. The standard InChI is InChI=1S/C15H19ClN2O2/c1-17-14-10-7-11(16)13(8-12(10)18-15(14)19)20-6-5-9-3-2-4-9/h7-9,14,17H,2-6H2,1H3,(H,18,19). The second-order valence-electron chi connectivity index (χ2n) is 5.51. The zero-order valence-electron chi connectivity index (χ0n) is 11.5. The lowest BCUT2D eigenvalue weighted by atomic mass is 9.83. The maximum atomic E-state index is 11.8. The van der Waals surface area contributed by atoms with Crippen LogP contribution >= 0.6 is 11.6 Å². The summed E-state index contributed by atoms with van der Waals surface area (Å²) >= 11 is 6.25. The Bertz CT molecular complexity index is 529. The minimum Gasteiger partial charge on any atom is -0.492 e. The Morgan fingerprint density at radius 3 is 2.90 bits per heavy atom. The van der Waals surface area contributed by atoms with E-state index >= 15 is 0 Å². The maximum absolute atomic E-state index is 11.8. The molecule has 1 aliphatic heterocycles. The molecule has 4 nitrogen and oxygen atoms in total. The van der Waals surface area contributed by atoms with Crippen molar-refractivity contribution in [1.29, 1.82) is 0 Å². The predicted molar refractivity (Wildman–Crippen MR) is 79.3 cm³/mol. The first-order valence-electron chi connectivity index (χ1n) is 7.13. The molecular formula is C15H19ClN2O2. The number of ether oxygens (including phenoxy) is 1. The van der Waals surface area contributed by atoms with Gasteiger partial charge in [0.05, 0.1) is 11.6 Å². The van der Waals surface area contributed by atoms with Crippen LogP contribution in [0.3, 0.4) is 0 Å². The summed E-state index contributed by atoms with van der Waals surface area (Å²) in [7, 11) is 1.76. The number of hydrogen-bond acceptors (Lipinski definition) is 3. The highest BCUT2D eigenvalue weighted by molar-refractivity contribution is 6.32. The van der Waals surface area contributed by atoms with Gasteiger partial charge in [0.15, 0.2) is 0 Å². The van der Waals surface area contributed by atoms with Gasteiger partial charge in [-0.05, 0) is 25.5 Å². The molecule has 2 N–H and O–H groups in total. The van der Waals surface area contributed by atoms with E-state index < -0.39 is 0 Å². The Morgan fingerprint density at radius 2 is 2.25 bits per heavy atom.